The highest BCUT2D eigenvalue weighted by atomic mass is 32.1. The number of carbonyl (C=O) groups is 1. The molecule has 3 heterocycles. The van der Waals surface area contributed by atoms with Crippen molar-refractivity contribution in [3.8, 4) is 0 Å². The van der Waals surface area contributed by atoms with Crippen LogP contribution < -0.4 is 5.56 Å². The van der Waals surface area contributed by atoms with E-state index in [4.69, 9.17) is 0 Å². The molecule has 33 heavy (non-hydrogen) atoms. The van der Waals surface area contributed by atoms with Gasteiger partial charge in [-0.1, -0.05) is 60.7 Å². The van der Waals surface area contributed by atoms with Crippen LogP contribution in [-0.2, 0) is 11.3 Å². The number of carbonyl (C=O) groups excluding carboxylic acids is 1. The van der Waals surface area contributed by atoms with Crippen LogP contribution in [0, 0.1) is 0 Å². The second kappa shape index (κ2) is 9.68. The Morgan fingerprint density at radius 1 is 0.939 bits per heavy atom. The summed E-state index contributed by atoms with van der Waals surface area (Å²) in [7, 11) is 0. The summed E-state index contributed by atoms with van der Waals surface area (Å²) in [6.07, 6.45) is 2.21. The van der Waals surface area contributed by atoms with Crippen molar-refractivity contribution >= 4 is 22.2 Å². The van der Waals surface area contributed by atoms with Gasteiger partial charge >= 0.3 is 0 Å². The van der Waals surface area contributed by atoms with Crippen LogP contribution in [0.15, 0.2) is 83.1 Å². The fraction of sp³-hybridized carbons (Fsp3) is 0.269. The lowest BCUT2D eigenvalue weighted by atomic mass is 9.88. The van der Waals surface area contributed by atoms with Crippen LogP contribution in [0.3, 0.4) is 0 Å². The Kier molecular flexibility index (Phi) is 6.32. The quantitative estimate of drug-likeness (QED) is 0.443. The van der Waals surface area contributed by atoms with Gasteiger partial charge in [0, 0.05) is 62.7 Å². The summed E-state index contributed by atoms with van der Waals surface area (Å²) in [6, 6.07) is 22.1. The van der Waals surface area contributed by atoms with Gasteiger partial charge in [-0.05, 0) is 11.1 Å². The first-order valence-electron chi connectivity index (χ1n) is 11.2. The number of thiazole rings is 1. The molecular weight excluding hydrogens is 432 g/mol. The van der Waals surface area contributed by atoms with Crippen LogP contribution in [0.2, 0.25) is 0 Å². The lowest BCUT2D eigenvalue weighted by Gasteiger charge is -2.35. The van der Waals surface area contributed by atoms with E-state index in [9.17, 15) is 9.59 Å². The van der Waals surface area contributed by atoms with E-state index in [1.807, 2.05) is 46.7 Å². The predicted octanol–water partition coefficient (Wildman–Crippen LogP) is 3.62. The maximum absolute atomic E-state index is 13.2. The Morgan fingerprint density at radius 3 is 2.21 bits per heavy atom. The molecule has 7 heteroatoms. The molecule has 5 rings (SSSR count). The van der Waals surface area contributed by atoms with E-state index in [-0.39, 0.29) is 17.4 Å². The molecule has 0 aliphatic carbocycles. The molecule has 0 bridgehead atoms. The zero-order valence-electron chi connectivity index (χ0n) is 18.3. The normalized spacial score (nSPS) is 14.8. The van der Waals surface area contributed by atoms with Crippen molar-refractivity contribution < 1.29 is 4.79 Å². The third-order valence-electron chi connectivity index (χ3n) is 6.25. The first-order chi connectivity index (χ1) is 16.2. The van der Waals surface area contributed by atoms with Crippen molar-refractivity contribution in [2.75, 3.05) is 26.2 Å². The van der Waals surface area contributed by atoms with Gasteiger partial charge in [0.1, 0.15) is 0 Å². The van der Waals surface area contributed by atoms with Crippen molar-refractivity contribution in [1.82, 2.24) is 19.2 Å². The molecule has 1 aliphatic rings. The Balaban J connectivity index is 1.22. The summed E-state index contributed by atoms with van der Waals surface area (Å²) in [5.41, 5.74) is 3.07. The summed E-state index contributed by atoms with van der Waals surface area (Å²) in [5, 5.41) is 1.87. The molecule has 0 unspecified atom stereocenters. The Bertz CT molecular complexity index is 1240. The van der Waals surface area contributed by atoms with E-state index in [0.717, 1.165) is 34.9 Å². The zero-order chi connectivity index (χ0) is 22.6. The number of amides is 1. The van der Waals surface area contributed by atoms with E-state index < -0.39 is 0 Å². The standard InChI is InChI=1S/C26H26N4O2S/c31-24(18-23(20-7-3-1-4-8-20)21-9-5-2-6-10-21)29-13-11-28(12-14-29)19-22-17-25(32)30-15-16-33-26(30)27-22/h1-10,15-17,23H,11-14,18-19H2. The Morgan fingerprint density at radius 2 is 1.58 bits per heavy atom. The number of fused-ring (bicyclic) bond motifs is 1. The van der Waals surface area contributed by atoms with Crippen LogP contribution in [-0.4, -0.2) is 51.3 Å². The zero-order valence-corrected chi connectivity index (χ0v) is 19.2. The summed E-state index contributed by atoms with van der Waals surface area (Å²) >= 11 is 1.46. The fourth-order valence-corrected chi connectivity index (χ4v) is 5.19. The monoisotopic (exact) mass is 458 g/mol. The highest BCUT2D eigenvalue weighted by Gasteiger charge is 2.25. The van der Waals surface area contributed by atoms with Crippen molar-refractivity contribution in [2.24, 2.45) is 0 Å². The summed E-state index contributed by atoms with van der Waals surface area (Å²) in [4.78, 5) is 35.0. The number of rotatable bonds is 6. The second-order valence-electron chi connectivity index (χ2n) is 8.38. The number of piperazine rings is 1. The molecule has 1 amide bonds. The van der Waals surface area contributed by atoms with E-state index in [2.05, 4.69) is 34.1 Å². The maximum Gasteiger partial charge on any atom is 0.258 e. The second-order valence-corrected chi connectivity index (χ2v) is 9.25. The minimum absolute atomic E-state index is 0.0436. The van der Waals surface area contributed by atoms with Crippen LogP contribution in [0.5, 0.6) is 0 Å². The van der Waals surface area contributed by atoms with Gasteiger partial charge in [0.2, 0.25) is 5.91 Å². The minimum atomic E-state index is -0.0436. The average Bonchev–Trinajstić information content (AvgIpc) is 3.33. The van der Waals surface area contributed by atoms with Gasteiger partial charge < -0.3 is 4.90 Å². The average molecular weight is 459 g/mol. The van der Waals surface area contributed by atoms with E-state index in [0.29, 0.717) is 26.1 Å². The van der Waals surface area contributed by atoms with Crippen LogP contribution in [0.25, 0.3) is 4.96 Å². The lowest BCUT2D eigenvalue weighted by Crippen LogP contribution is -2.48. The van der Waals surface area contributed by atoms with Gasteiger partial charge in [-0.15, -0.1) is 11.3 Å². The molecule has 1 fully saturated rings. The van der Waals surface area contributed by atoms with E-state index in [1.165, 1.54) is 11.3 Å². The van der Waals surface area contributed by atoms with Gasteiger partial charge in [0.25, 0.3) is 5.56 Å². The molecule has 4 aromatic rings. The topological polar surface area (TPSA) is 57.9 Å². The third kappa shape index (κ3) is 4.89. The Hall–Kier alpha value is -3.29. The molecule has 0 atom stereocenters. The molecule has 1 saturated heterocycles. The molecular formula is C26H26N4O2S. The molecule has 2 aromatic carbocycles. The molecule has 168 valence electrons. The number of nitrogens with zero attached hydrogens (tertiary/aromatic N) is 4. The van der Waals surface area contributed by atoms with Gasteiger partial charge in [0.05, 0.1) is 5.69 Å². The van der Waals surface area contributed by atoms with Crippen LogP contribution >= 0.6 is 11.3 Å². The highest BCUT2D eigenvalue weighted by molar-refractivity contribution is 7.15. The van der Waals surface area contributed by atoms with E-state index >= 15 is 0 Å². The number of hydrogen-bond donors (Lipinski definition) is 0. The molecule has 0 N–H and O–H groups in total. The first kappa shape index (κ1) is 21.6. The maximum atomic E-state index is 13.2. The summed E-state index contributed by atoms with van der Waals surface area (Å²) < 4.78 is 1.57. The van der Waals surface area contributed by atoms with Crippen LogP contribution in [0.4, 0.5) is 0 Å². The molecule has 0 saturated carbocycles. The largest absolute Gasteiger partial charge is 0.340 e. The van der Waals surface area contributed by atoms with Crippen molar-refractivity contribution in [2.45, 2.75) is 18.9 Å². The number of benzene rings is 2. The van der Waals surface area contributed by atoms with Gasteiger partial charge in [0.15, 0.2) is 4.96 Å². The fourth-order valence-electron chi connectivity index (χ4n) is 4.46. The summed E-state index contributed by atoms with van der Waals surface area (Å²) in [6.45, 7) is 3.56. The molecule has 0 radical (unpaired) electrons. The predicted molar refractivity (Wildman–Crippen MR) is 131 cm³/mol. The van der Waals surface area contributed by atoms with Crippen molar-refractivity contribution in [1.29, 1.82) is 0 Å². The number of hydrogen-bond acceptors (Lipinski definition) is 5. The SMILES string of the molecule is O=C(CC(c1ccccc1)c1ccccc1)N1CCN(Cc2cc(=O)n3ccsc3n2)CC1. The van der Waals surface area contributed by atoms with E-state index in [1.54, 1.807) is 16.7 Å². The number of aromatic nitrogens is 2. The van der Waals surface area contributed by atoms with Gasteiger partial charge in [-0.2, -0.15) is 0 Å². The Labute approximate surface area is 196 Å². The molecule has 1 aliphatic heterocycles. The molecule has 2 aromatic heterocycles. The third-order valence-corrected chi connectivity index (χ3v) is 7.01. The molecule has 6 nitrogen and oxygen atoms in total. The van der Waals surface area contributed by atoms with Gasteiger partial charge in [-0.3, -0.25) is 18.9 Å². The lowest BCUT2D eigenvalue weighted by molar-refractivity contribution is -0.133. The van der Waals surface area contributed by atoms with Crippen molar-refractivity contribution in [3.05, 3.63) is 105 Å². The minimum Gasteiger partial charge on any atom is -0.340 e. The molecule has 0 spiro atoms. The van der Waals surface area contributed by atoms with Gasteiger partial charge in [-0.25, -0.2) is 4.98 Å². The van der Waals surface area contributed by atoms with Crippen molar-refractivity contribution in [3.63, 3.8) is 0 Å². The summed E-state index contributed by atoms with van der Waals surface area (Å²) in [5.74, 6) is 0.233. The highest BCUT2D eigenvalue weighted by Crippen LogP contribution is 2.28. The smallest absolute Gasteiger partial charge is 0.258 e. The van der Waals surface area contributed by atoms with Crippen LogP contribution in [0.1, 0.15) is 29.2 Å². The first-order valence-corrected chi connectivity index (χ1v) is 12.1.